The van der Waals surface area contributed by atoms with Crippen molar-refractivity contribution in [2.75, 3.05) is 13.2 Å². The first-order valence-corrected chi connectivity index (χ1v) is 30.7. The molecule has 0 bridgehead atoms. The number of hydrogen-bond acceptors (Lipinski definition) is 6. The van der Waals surface area contributed by atoms with Crippen molar-refractivity contribution >= 4 is 17.9 Å². The molecule has 0 amide bonds. The Kier molecular flexibility index (Phi) is 58.4. The Morgan fingerprint density at radius 1 is 0.280 bits per heavy atom. The van der Waals surface area contributed by atoms with Crippen molar-refractivity contribution < 1.29 is 28.6 Å². The van der Waals surface area contributed by atoms with Crippen LogP contribution >= 0.6 is 0 Å². The maximum atomic E-state index is 12.9. The Labute approximate surface area is 462 Å². The van der Waals surface area contributed by atoms with Gasteiger partial charge in [0.15, 0.2) is 6.10 Å². The van der Waals surface area contributed by atoms with Crippen molar-refractivity contribution in [2.24, 2.45) is 0 Å². The molecular weight excluding hydrogens is 925 g/mol. The van der Waals surface area contributed by atoms with Gasteiger partial charge in [0.2, 0.25) is 0 Å². The molecule has 0 spiro atoms. The molecule has 0 N–H and O–H groups in total. The first-order valence-electron chi connectivity index (χ1n) is 30.7. The van der Waals surface area contributed by atoms with Crippen LogP contribution in [0.15, 0.2) is 134 Å². The fourth-order valence-electron chi connectivity index (χ4n) is 8.08. The summed E-state index contributed by atoms with van der Waals surface area (Å²) in [7, 11) is 0. The quantitative estimate of drug-likeness (QED) is 0.0261. The van der Waals surface area contributed by atoms with Crippen molar-refractivity contribution in [2.45, 2.75) is 271 Å². The monoisotopic (exact) mass is 1040 g/mol. The number of esters is 3. The largest absolute Gasteiger partial charge is 0.462 e. The predicted molar refractivity (Wildman–Crippen MR) is 325 cm³/mol. The second-order valence-electron chi connectivity index (χ2n) is 19.8. The summed E-state index contributed by atoms with van der Waals surface area (Å²) in [5.41, 5.74) is 0. The lowest BCUT2D eigenvalue weighted by molar-refractivity contribution is -0.167. The highest BCUT2D eigenvalue weighted by Crippen LogP contribution is 2.14. The van der Waals surface area contributed by atoms with Gasteiger partial charge >= 0.3 is 17.9 Å². The first kappa shape index (κ1) is 70.5. The average molecular weight is 1040 g/mol. The fourth-order valence-corrected chi connectivity index (χ4v) is 8.08. The average Bonchev–Trinajstić information content (AvgIpc) is 3.41. The lowest BCUT2D eigenvalue weighted by Gasteiger charge is -2.18. The summed E-state index contributed by atoms with van der Waals surface area (Å²) < 4.78 is 16.9. The topological polar surface area (TPSA) is 78.9 Å². The molecule has 0 saturated heterocycles. The van der Waals surface area contributed by atoms with Crippen molar-refractivity contribution in [1.29, 1.82) is 0 Å². The highest BCUT2D eigenvalue weighted by atomic mass is 16.6. The number of carbonyl (C=O) groups is 3. The molecule has 0 saturated carbocycles. The van der Waals surface area contributed by atoms with Gasteiger partial charge in [0.1, 0.15) is 13.2 Å². The summed E-state index contributed by atoms with van der Waals surface area (Å²) in [5.74, 6) is -0.941. The fraction of sp³-hybridized carbons (Fsp3) is 0.638. The molecule has 0 aliphatic heterocycles. The van der Waals surface area contributed by atoms with Crippen LogP contribution in [0.3, 0.4) is 0 Å². The molecule has 0 aromatic heterocycles. The molecule has 0 rings (SSSR count). The van der Waals surface area contributed by atoms with Crippen LogP contribution in [-0.4, -0.2) is 37.2 Å². The van der Waals surface area contributed by atoms with Gasteiger partial charge in [-0.15, -0.1) is 0 Å². The molecule has 6 nitrogen and oxygen atoms in total. The molecule has 424 valence electrons. The van der Waals surface area contributed by atoms with Gasteiger partial charge in [0.25, 0.3) is 0 Å². The molecule has 0 heterocycles. The molecule has 1 unspecified atom stereocenters. The molecule has 0 aromatic rings. The van der Waals surface area contributed by atoms with Crippen LogP contribution in [0.25, 0.3) is 0 Å². The SMILES string of the molecule is CC/C=C\C/C=C\C/C=C\C/C=C\C/C=C\C/C=C\CCCCCCC(=O)OCC(COC(=O)CCCCCCCCC/C=C\C/C=C\CCCCC)OC(=O)CCCCCCCCC/C=C\C/C=C\C/C=C\CC. The third-order valence-corrected chi connectivity index (χ3v) is 12.6. The van der Waals surface area contributed by atoms with Gasteiger partial charge in [-0.2, -0.15) is 0 Å². The van der Waals surface area contributed by atoms with Crippen LogP contribution in [0.1, 0.15) is 265 Å². The van der Waals surface area contributed by atoms with Gasteiger partial charge in [0, 0.05) is 19.3 Å². The van der Waals surface area contributed by atoms with E-state index in [-0.39, 0.29) is 31.1 Å². The van der Waals surface area contributed by atoms with E-state index < -0.39 is 6.10 Å². The number of carbonyl (C=O) groups excluding carboxylic acids is 3. The van der Waals surface area contributed by atoms with Crippen LogP contribution in [0.2, 0.25) is 0 Å². The molecule has 0 aliphatic carbocycles. The second-order valence-corrected chi connectivity index (χ2v) is 19.8. The first-order chi connectivity index (χ1) is 37.0. The Balaban J connectivity index is 4.48. The van der Waals surface area contributed by atoms with Crippen LogP contribution in [0, 0.1) is 0 Å². The molecule has 0 fully saturated rings. The summed E-state index contributed by atoms with van der Waals surface area (Å²) in [4.78, 5) is 38.3. The highest BCUT2D eigenvalue weighted by Gasteiger charge is 2.19. The van der Waals surface area contributed by atoms with Crippen molar-refractivity contribution in [3.63, 3.8) is 0 Å². The number of ether oxygens (including phenoxy) is 3. The van der Waals surface area contributed by atoms with E-state index in [1.165, 1.54) is 77.0 Å². The Hall–Kier alpha value is -4.45. The van der Waals surface area contributed by atoms with E-state index in [1.807, 2.05) is 0 Å². The molecule has 0 radical (unpaired) electrons. The number of allylic oxidation sites excluding steroid dienone is 22. The standard InChI is InChI=1S/C69H112O6/c1-4-7-10-13-16-19-22-25-28-31-32-33-34-35-36-39-41-44-47-50-53-56-59-62-68(71)74-65-66(75-69(72)63-60-57-54-51-48-45-42-38-30-27-24-21-18-15-12-9-6-3)64-73-67(70)61-58-55-52-49-46-43-40-37-29-26-23-20-17-14-11-8-5-2/h7,9-10,12,16-21,25-30,32-33,35-36,41,44,66H,4-6,8,11,13-15,22-24,31,34,37-40,42-43,45-65H2,1-3H3/b10-7-,12-9-,19-16-,20-17-,21-18-,28-25-,29-26-,30-27-,33-32-,36-35-,44-41-. The van der Waals surface area contributed by atoms with Gasteiger partial charge in [-0.1, -0.05) is 244 Å². The predicted octanol–water partition coefficient (Wildman–Crippen LogP) is 21.0. The minimum absolute atomic E-state index is 0.0985. The maximum absolute atomic E-state index is 12.9. The van der Waals surface area contributed by atoms with E-state index in [0.29, 0.717) is 19.3 Å². The van der Waals surface area contributed by atoms with Crippen molar-refractivity contribution in [3.05, 3.63) is 134 Å². The van der Waals surface area contributed by atoms with E-state index in [4.69, 9.17) is 14.2 Å². The number of hydrogen-bond donors (Lipinski definition) is 0. The molecular formula is C69H112O6. The second kappa shape index (κ2) is 62.1. The van der Waals surface area contributed by atoms with Crippen LogP contribution in [-0.2, 0) is 28.6 Å². The highest BCUT2D eigenvalue weighted by molar-refractivity contribution is 5.71. The smallest absolute Gasteiger partial charge is 0.306 e. The van der Waals surface area contributed by atoms with E-state index >= 15 is 0 Å². The van der Waals surface area contributed by atoms with Gasteiger partial charge in [-0.05, 0) is 135 Å². The zero-order chi connectivity index (χ0) is 54.3. The summed E-state index contributed by atoms with van der Waals surface area (Å²) in [5, 5.41) is 0. The molecule has 1 atom stereocenters. The minimum atomic E-state index is -0.804. The van der Waals surface area contributed by atoms with Crippen molar-refractivity contribution in [1.82, 2.24) is 0 Å². The lowest BCUT2D eigenvalue weighted by Crippen LogP contribution is -2.30. The van der Waals surface area contributed by atoms with Crippen LogP contribution in [0.4, 0.5) is 0 Å². The zero-order valence-electron chi connectivity index (χ0n) is 48.5. The summed E-state index contributed by atoms with van der Waals surface area (Å²) >= 11 is 0. The van der Waals surface area contributed by atoms with E-state index in [9.17, 15) is 14.4 Å². The Bertz CT molecular complexity index is 1620. The third-order valence-electron chi connectivity index (χ3n) is 12.6. The Morgan fingerprint density at radius 3 is 0.813 bits per heavy atom. The van der Waals surface area contributed by atoms with Crippen molar-refractivity contribution in [3.8, 4) is 0 Å². The molecule has 0 aliphatic rings. The third kappa shape index (κ3) is 60.3. The van der Waals surface area contributed by atoms with Gasteiger partial charge in [-0.25, -0.2) is 0 Å². The van der Waals surface area contributed by atoms with E-state index in [1.54, 1.807) is 0 Å². The zero-order valence-corrected chi connectivity index (χ0v) is 48.5. The molecule has 0 aromatic carbocycles. The number of rotatable bonds is 54. The Morgan fingerprint density at radius 2 is 0.520 bits per heavy atom. The maximum Gasteiger partial charge on any atom is 0.306 e. The molecule has 6 heteroatoms. The summed E-state index contributed by atoms with van der Waals surface area (Å²) in [6, 6.07) is 0. The van der Waals surface area contributed by atoms with E-state index in [0.717, 1.165) is 148 Å². The van der Waals surface area contributed by atoms with E-state index in [2.05, 4.69) is 154 Å². The van der Waals surface area contributed by atoms with Gasteiger partial charge < -0.3 is 14.2 Å². The van der Waals surface area contributed by atoms with Crippen LogP contribution < -0.4 is 0 Å². The normalized spacial score (nSPS) is 13.1. The minimum Gasteiger partial charge on any atom is -0.462 e. The lowest BCUT2D eigenvalue weighted by atomic mass is 10.1. The molecule has 75 heavy (non-hydrogen) atoms. The van der Waals surface area contributed by atoms with Gasteiger partial charge in [-0.3, -0.25) is 14.4 Å². The summed E-state index contributed by atoms with van der Waals surface area (Å²) in [6.45, 7) is 6.36. The van der Waals surface area contributed by atoms with Gasteiger partial charge in [0.05, 0.1) is 0 Å². The number of unbranched alkanes of at least 4 members (excludes halogenated alkanes) is 21. The van der Waals surface area contributed by atoms with Crippen LogP contribution in [0.5, 0.6) is 0 Å². The summed E-state index contributed by atoms with van der Waals surface area (Å²) in [6.07, 6.45) is 87.2.